The minimum absolute atomic E-state index is 0.582. The molecule has 11 heavy (non-hydrogen) atoms. The van der Waals surface area contributed by atoms with Crippen LogP contribution in [0.25, 0.3) is 0 Å². The van der Waals surface area contributed by atoms with E-state index in [-0.39, 0.29) is 0 Å². The summed E-state index contributed by atoms with van der Waals surface area (Å²) in [7, 11) is 1.98. The lowest BCUT2D eigenvalue weighted by molar-refractivity contribution is 1.02. The van der Waals surface area contributed by atoms with Crippen LogP contribution < -0.4 is 11.3 Å². The van der Waals surface area contributed by atoms with Gasteiger partial charge in [0, 0.05) is 6.20 Å². The molecular weight excluding hydrogens is 139 g/mol. The Balaban J connectivity index is 3.09. The van der Waals surface area contributed by atoms with Crippen molar-refractivity contribution in [3.63, 3.8) is 0 Å². The fourth-order valence-electron chi connectivity index (χ4n) is 0.867. The fourth-order valence-corrected chi connectivity index (χ4v) is 0.867. The van der Waals surface area contributed by atoms with Crippen molar-refractivity contribution in [1.29, 1.82) is 0 Å². The molecule has 1 aromatic rings. The van der Waals surface area contributed by atoms with Gasteiger partial charge < -0.3 is 5.84 Å². The number of aryl methyl sites for hydroxylation is 1. The number of nitrogens with two attached hydrogens (primary N) is 1. The van der Waals surface area contributed by atoms with Crippen molar-refractivity contribution in [2.45, 2.75) is 6.92 Å². The number of pyridine rings is 1. The van der Waals surface area contributed by atoms with Gasteiger partial charge in [0.05, 0.1) is 0 Å². The van der Waals surface area contributed by atoms with E-state index in [0.717, 1.165) is 11.0 Å². The van der Waals surface area contributed by atoms with Gasteiger partial charge in [-0.15, -0.1) is 5.11 Å². The molecule has 1 aromatic heterocycles. The predicted molar refractivity (Wildman–Crippen MR) is 45.9 cm³/mol. The van der Waals surface area contributed by atoms with Crippen LogP contribution in [0.3, 0.4) is 0 Å². The molecule has 0 atom stereocenters. The van der Waals surface area contributed by atoms with Crippen molar-refractivity contribution in [1.82, 2.24) is 4.98 Å². The van der Waals surface area contributed by atoms with Crippen LogP contribution in [0.15, 0.2) is 22.6 Å². The Bertz CT molecular complexity index is 284. The quantitative estimate of drug-likeness (QED) is 0.255. The predicted octanol–water partition coefficient (Wildman–Crippen LogP) is -0.394. The molecule has 0 spiro atoms. The molecule has 0 saturated heterocycles. The molecule has 0 fully saturated rings. The second kappa shape index (κ2) is 3.14. The Hall–Kier alpha value is -1.39. The van der Waals surface area contributed by atoms with Crippen LogP contribution in [0, 0.1) is 6.92 Å². The highest BCUT2D eigenvalue weighted by Crippen LogP contribution is 2.11. The van der Waals surface area contributed by atoms with E-state index in [2.05, 4.69) is 15.3 Å². The summed E-state index contributed by atoms with van der Waals surface area (Å²) in [4.78, 5) is 4.03. The van der Waals surface area contributed by atoms with Crippen LogP contribution in [0.4, 0.5) is 5.82 Å². The van der Waals surface area contributed by atoms with Gasteiger partial charge in [-0.05, 0) is 12.5 Å². The lowest BCUT2D eigenvalue weighted by Gasteiger charge is -1.97. The van der Waals surface area contributed by atoms with Crippen molar-refractivity contribution in [3.05, 3.63) is 17.8 Å². The lowest BCUT2D eigenvalue weighted by atomic mass is 9.97. The number of aromatic nitrogens is 1. The van der Waals surface area contributed by atoms with Crippen molar-refractivity contribution in [2.24, 2.45) is 16.2 Å². The van der Waals surface area contributed by atoms with Crippen LogP contribution >= 0.6 is 0 Å². The third kappa shape index (κ3) is 1.76. The normalized spacial score (nSPS) is 10.6. The van der Waals surface area contributed by atoms with E-state index in [9.17, 15) is 0 Å². The van der Waals surface area contributed by atoms with Gasteiger partial charge in [0.2, 0.25) is 0 Å². The van der Waals surface area contributed by atoms with E-state index in [4.69, 9.17) is 5.84 Å². The largest absolute Gasteiger partial charge is 0.305 e. The smallest absolute Gasteiger partial charge is 0.178 e. The summed E-state index contributed by atoms with van der Waals surface area (Å²) in [5.41, 5.74) is 2.10. The zero-order chi connectivity index (χ0) is 8.27. The third-order valence-electron chi connectivity index (χ3n) is 1.34. The van der Waals surface area contributed by atoms with Crippen molar-refractivity contribution >= 4 is 19.1 Å². The van der Waals surface area contributed by atoms with E-state index in [1.165, 1.54) is 0 Å². The molecule has 0 bridgehead atoms. The van der Waals surface area contributed by atoms with Gasteiger partial charge in [0.15, 0.2) is 5.82 Å². The summed E-state index contributed by atoms with van der Waals surface area (Å²) in [6, 6.07) is 1.98. The molecule has 0 aliphatic heterocycles. The molecule has 0 amide bonds. The van der Waals surface area contributed by atoms with Crippen molar-refractivity contribution in [3.8, 4) is 0 Å². The number of hydrogen-bond donors (Lipinski definition) is 1. The lowest BCUT2D eigenvalue weighted by Crippen LogP contribution is -2.03. The Labute approximate surface area is 65.9 Å². The highest BCUT2D eigenvalue weighted by Gasteiger charge is 1.96. The molecular formula is C6H9BN4. The molecule has 5 heteroatoms. The van der Waals surface area contributed by atoms with Crippen LogP contribution in [-0.2, 0) is 0 Å². The van der Waals surface area contributed by atoms with Crippen LogP contribution in [0.1, 0.15) is 5.56 Å². The van der Waals surface area contributed by atoms with Gasteiger partial charge in [-0.2, -0.15) is 0 Å². The van der Waals surface area contributed by atoms with Crippen LogP contribution in [0.2, 0.25) is 0 Å². The number of nitrogens with zero attached hydrogens (tertiary/aromatic N) is 3. The second-order valence-electron chi connectivity index (χ2n) is 2.37. The van der Waals surface area contributed by atoms with E-state index >= 15 is 0 Å². The summed E-state index contributed by atoms with van der Waals surface area (Å²) >= 11 is 0. The van der Waals surface area contributed by atoms with E-state index in [1.54, 1.807) is 6.20 Å². The molecule has 1 heterocycles. The first-order valence-electron chi connectivity index (χ1n) is 3.28. The van der Waals surface area contributed by atoms with Crippen molar-refractivity contribution in [2.75, 3.05) is 0 Å². The van der Waals surface area contributed by atoms with E-state index < -0.39 is 0 Å². The maximum atomic E-state index is 4.89. The summed E-state index contributed by atoms with van der Waals surface area (Å²) in [6.45, 7) is 1.92. The molecule has 0 radical (unpaired) electrons. The highest BCUT2D eigenvalue weighted by atomic mass is 15.3. The Morgan fingerprint density at radius 1 is 1.64 bits per heavy atom. The molecule has 1 rings (SSSR count). The third-order valence-corrected chi connectivity index (χ3v) is 1.34. The van der Waals surface area contributed by atoms with E-state index in [0.29, 0.717) is 5.82 Å². The highest BCUT2D eigenvalue weighted by molar-refractivity contribution is 6.32. The first-order chi connectivity index (χ1) is 5.24. The average molecular weight is 148 g/mol. The van der Waals surface area contributed by atoms with Crippen LogP contribution in [0.5, 0.6) is 0 Å². The Kier molecular flexibility index (Phi) is 2.20. The monoisotopic (exact) mass is 148 g/mol. The molecule has 0 saturated carbocycles. The maximum absolute atomic E-state index is 4.89. The number of hydrogen-bond acceptors (Lipinski definition) is 3. The standard InChI is InChI=1S/C6H9BN4/c1-4-2-5(7)3-9-6(4)10-11-8/h2-3H,7H2,1H3,(H2,8,9,10). The first-order valence-corrected chi connectivity index (χ1v) is 3.28. The molecule has 2 N–H and O–H groups in total. The first kappa shape index (κ1) is 7.72. The van der Waals surface area contributed by atoms with Gasteiger partial charge in [-0.3, -0.25) is 0 Å². The fraction of sp³-hybridized carbons (Fsp3) is 0.167. The summed E-state index contributed by atoms with van der Waals surface area (Å²) < 4.78 is 0. The molecule has 0 aliphatic carbocycles. The summed E-state index contributed by atoms with van der Waals surface area (Å²) in [5.74, 6) is 5.47. The minimum Gasteiger partial charge on any atom is -0.305 e. The molecule has 0 aromatic carbocycles. The Morgan fingerprint density at radius 2 is 2.36 bits per heavy atom. The molecule has 0 aliphatic rings. The summed E-state index contributed by atoms with van der Waals surface area (Å²) in [5, 5.41) is 6.80. The molecule has 56 valence electrons. The molecule has 0 unspecified atom stereocenters. The maximum Gasteiger partial charge on any atom is 0.178 e. The van der Waals surface area contributed by atoms with Gasteiger partial charge in [0.25, 0.3) is 0 Å². The molecule has 4 nitrogen and oxygen atoms in total. The van der Waals surface area contributed by atoms with Gasteiger partial charge in [-0.1, -0.05) is 16.8 Å². The zero-order valence-corrected chi connectivity index (χ0v) is 6.57. The van der Waals surface area contributed by atoms with Gasteiger partial charge in [-0.25, -0.2) is 4.98 Å². The topological polar surface area (TPSA) is 63.6 Å². The zero-order valence-electron chi connectivity index (χ0n) is 6.57. The SMILES string of the molecule is Bc1cnc(N=NN)c(C)c1. The second-order valence-corrected chi connectivity index (χ2v) is 2.37. The van der Waals surface area contributed by atoms with Gasteiger partial charge in [0.1, 0.15) is 7.85 Å². The Morgan fingerprint density at radius 3 is 2.91 bits per heavy atom. The van der Waals surface area contributed by atoms with E-state index in [1.807, 2.05) is 20.8 Å². The average Bonchev–Trinajstić information content (AvgIpc) is 1.95. The van der Waals surface area contributed by atoms with Crippen LogP contribution in [-0.4, -0.2) is 12.8 Å². The summed E-state index contributed by atoms with van der Waals surface area (Å²) in [6.07, 6.45) is 1.73. The van der Waals surface area contributed by atoms with Gasteiger partial charge >= 0.3 is 0 Å². The number of rotatable bonds is 1. The van der Waals surface area contributed by atoms with Crippen molar-refractivity contribution < 1.29 is 0 Å². The minimum atomic E-state index is 0.582.